The summed E-state index contributed by atoms with van der Waals surface area (Å²) in [6, 6.07) is 6.43. The standard InChI is InChI=1S/C13H14FN3OS/c1-17-9(5-7-16-17)6-8-18-11-4-2-3-10(14)12(11)13(15)19/h2-5,7H,6,8H2,1H3,(H2,15,19). The second-order valence-electron chi connectivity index (χ2n) is 4.02. The Kier molecular flexibility index (Phi) is 4.11. The van der Waals surface area contributed by atoms with Crippen LogP contribution in [0.2, 0.25) is 0 Å². The first-order valence-corrected chi connectivity index (χ1v) is 6.18. The van der Waals surface area contributed by atoms with Gasteiger partial charge < -0.3 is 10.5 Å². The fourth-order valence-corrected chi connectivity index (χ4v) is 1.97. The predicted molar refractivity (Wildman–Crippen MR) is 74.7 cm³/mol. The van der Waals surface area contributed by atoms with Gasteiger partial charge in [0.1, 0.15) is 16.6 Å². The van der Waals surface area contributed by atoms with Crippen molar-refractivity contribution in [3.05, 3.63) is 47.5 Å². The topological polar surface area (TPSA) is 53.1 Å². The summed E-state index contributed by atoms with van der Waals surface area (Å²) in [4.78, 5) is -0.00590. The van der Waals surface area contributed by atoms with E-state index in [1.807, 2.05) is 13.1 Å². The molecule has 2 N–H and O–H groups in total. The van der Waals surface area contributed by atoms with Gasteiger partial charge >= 0.3 is 0 Å². The third-order valence-electron chi connectivity index (χ3n) is 2.76. The summed E-state index contributed by atoms with van der Waals surface area (Å²) in [6.07, 6.45) is 2.39. The van der Waals surface area contributed by atoms with E-state index in [-0.39, 0.29) is 10.6 Å². The van der Waals surface area contributed by atoms with E-state index in [9.17, 15) is 4.39 Å². The SMILES string of the molecule is Cn1nccc1CCOc1cccc(F)c1C(N)=S. The number of rotatable bonds is 5. The number of nitrogens with zero attached hydrogens (tertiary/aromatic N) is 2. The van der Waals surface area contributed by atoms with Gasteiger partial charge in [-0.2, -0.15) is 5.10 Å². The Hall–Kier alpha value is -1.95. The Labute approximate surface area is 116 Å². The lowest BCUT2D eigenvalue weighted by Gasteiger charge is -2.11. The highest BCUT2D eigenvalue weighted by molar-refractivity contribution is 7.80. The highest BCUT2D eigenvalue weighted by atomic mass is 32.1. The molecule has 1 heterocycles. The second-order valence-corrected chi connectivity index (χ2v) is 4.46. The fourth-order valence-electron chi connectivity index (χ4n) is 1.78. The molecule has 0 aliphatic heterocycles. The lowest BCUT2D eigenvalue weighted by Crippen LogP contribution is -2.15. The molecular weight excluding hydrogens is 265 g/mol. The lowest BCUT2D eigenvalue weighted by atomic mass is 10.2. The van der Waals surface area contributed by atoms with Crippen LogP contribution in [0.5, 0.6) is 5.75 Å². The second kappa shape index (κ2) is 5.79. The van der Waals surface area contributed by atoms with Gasteiger partial charge in [-0.15, -0.1) is 0 Å². The fraction of sp³-hybridized carbons (Fsp3) is 0.231. The van der Waals surface area contributed by atoms with Crippen LogP contribution in [-0.4, -0.2) is 21.4 Å². The van der Waals surface area contributed by atoms with E-state index in [4.69, 9.17) is 22.7 Å². The Balaban J connectivity index is 2.06. The average Bonchev–Trinajstić information content (AvgIpc) is 2.75. The molecule has 0 saturated carbocycles. The van der Waals surface area contributed by atoms with E-state index < -0.39 is 5.82 Å². The van der Waals surface area contributed by atoms with Crippen LogP contribution in [0.4, 0.5) is 4.39 Å². The minimum absolute atomic E-state index is 0.00590. The van der Waals surface area contributed by atoms with Gasteiger partial charge in [0.25, 0.3) is 0 Å². The average molecular weight is 279 g/mol. The van der Waals surface area contributed by atoms with Crippen molar-refractivity contribution in [1.29, 1.82) is 0 Å². The summed E-state index contributed by atoms with van der Waals surface area (Å²) in [7, 11) is 1.86. The van der Waals surface area contributed by atoms with Gasteiger partial charge in [0.05, 0.1) is 12.2 Å². The maximum Gasteiger partial charge on any atom is 0.137 e. The first-order valence-electron chi connectivity index (χ1n) is 5.77. The zero-order valence-electron chi connectivity index (χ0n) is 10.5. The zero-order valence-corrected chi connectivity index (χ0v) is 11.3. The maximum atomic E-state index is 13.6. The molecule has 19 heavy (non-hydrogen) atoms. The van der Waals surface area contributed by atoms with Gasteiger partial charge in [0.15, 0.2) is 0 Å². The van der Waals surface area contributed by atoms with Gasteiger partial charge in [-0.3, -0.25) is 4.68 Å². The molecule has 0 aliphatic carbocycles. The molecule has 0 atom stereocenters. The van der Waals surface area contributed by atoms with Gasteiger partial charge in [0, 0.05) is 25.4 Å². The number of thiocarbonyl (C=S) groups is 1. The molecule has 2 aromatic rings. The normalized spacial score (nSPS) is 10.4. The van der Waals surface area contributed by atoms with Crippen LogP contribution in [-0.2, 0) is 13.5 Å². The van der Waals surface area contributed by atoms with Crippen molar-refractivity contribution >= 4 is 17.2 Å². The third-order valence-corrected chi connectivity index (χ3v) is 2.96. The van der Waals surface area contributed by atoms with Crippen LogP contribution in [0.1, 0.15) is 11.3 Å². The van der Waals surface area contributed by atoms with Crippen molar-refractivity contribution in [3.8, 4) is 5.75 Å². The summed E-state index contributed by atoms with van der Waals surface area (Å²) in [5.74, 6) is -0.0970. The molecule has 0 fully saturated rings. The van der Waals surface area contributed by atoms with Crippen molar-refractivity contribution in [2.45, 2.75) is 6.42 Å². The maximum absolute atomic E-state index is 13.6. The van der Waals surface area contributed by atoms with E-state index in [0.717, 1.165) is 5.69 Å². The Morgan fingerprint density at radius 2 is 2.26 bits per heavy atom. The summed E-state index contributed by atoms with van der Waals surface area (Å²) in [6.45, 7) is 0.401. The number of ether oxygens (including phenoxy) is 1. The molecule has 1 aromatic heterocycles. The highest BCUT2D eigenvalue weighted by Gasteiger charge is 2.12. The van der Waals surface area contributed by atoms with Gasteiger partial charge in [-0.05, 0) is 18.2 Å². The van der Waals surface area contributed by atoms with E-state index in [1.54, 1.807) is 23.0 Å². The number of halogens is 1. The van der Waals surface area contributed by atoms with Crippen LogP contribution >= 0.6 is 12.2 Å². The summed E-state index contributed by atoms with van der Waals surface area (Å²) in [5, 5.41) is 4.06. The van der Waals surface area contributed by atoms with E-state index in [2.05, 4.69) is 5.10 Å². The van der Waals surface area contributed by atoms with Crippen LogP contribution < -0.4 is 10.5 Å². The molecule has 0 saturated heterocycles. The van der Waals surface area contributed by atoms with Crippen molar-refractivity contribution in [3.63, 3.8) is 0 Å². The Morgan fingerprint density at radius 3 is 2.89 bits per heavy atom. The quantitative estimate of drug-likeness (QED) is 0.848. The largest absolute Gasteiger partial charge is 0.492 e. The van der Waals surface area contributed by atoms with E-state index >= 15 is 0 Å². The number of hydrogen-bond acceptors (Lipinski definition) is 3. The highest BCUT2D eigenvalue weighted by Crippen LogP contribution is 2.21. The van der Waals surface area contributed by atoms with Crippen LogP contribution in [0.3, 0.4) is 0 Å². The summed E-state index contributed by atoms with van der Waals surface area (Å²) < 4.78 is 20.9. The Bertz CT molecular complexity index is 597. The van der Waals surface area contributed by atoms with E-state index in [0.29, 0.717) is 18.8 Å². The van der Waals surface area contributed by atoms with E-state index in [1.165, 1.54) is 6.07 Å². The molecule has 0 bridgehead atoms. The van der Waals surface area contributed by atoms with Crippen LogP contribution in [0.25, 0.3) is 0 Å². The van der Waals surface area contributed by atoms with Crippen molar-refractivity contribution in [2.24, 2.45) is 12.8 Å². The Morgan fingerprint density at radius 1 is 1.47 bits per heavy atom. The third kappa shape index (κ3) is 3.08. The molecule has 100 valence electrons. The summed E-state index contributed by atoms with van der Waals surface area (Å²) >= 11 is 4.83. The zero-order chi connectivity index (χ0) is 13.8. The van der Waals surface area contributed by atoms with Gasteiger partial charge in [0.2, 0.25) is 0 Å². The number of aromatic nitrogens is 2. The minimum Gasteiger partial charge on any atom is -0.492 e. The molecule has 0 amide bonds. The molecule has 0 spiro atoms. The molecule has 6 heteroatoms. The number of benzene rings is 1. The van der Waals surface area contributed by atoms with Gasteiger partial charge in [-0.1, -0.05) is 18.3 Å². The van der Waals surface area contributed by atoms with Crippen molar-refractivity contribution < 1.29 is 9.13 Å². The van der Waals surface area contributed by atoms with Crippen LogP contribution in [0.15, 0.2) is 30.5 Å². The molecule has 1 aromatic carbocycles. The smallest absolute Gasteiger partial charge is 0.137 e. The molecule has 0 aliphatic rings. The van der Waals surface area contributed by atoms with Gasteiger partial charge in [-0.25, -0.2) is 4.39 Å². The first-order chi connectivity index (χ1) is 9.09. The molecular formula is C13H14FN3OS. The molecule has 2 rings (SSSR count). The molecule has 0 unspecified atom stereocenters. The van der Waals surface area contributed by atoms with Crippen molar-refractivity contribution in [1.82, 2.24) is 9.78 Å². The summed E-state index contributed by atoms with van der Waals surface area (Å²) in [5.41, 5.74) is 6.69. The first kappa shape index (κ1) is 13.5. The number of hydrogen-bond donors (Lipinski definition) is 1. The monoisotopic (exact) mass is 279 g/mol. The molecule has 0 radical (unpaired) electrons. The number of nitrogens with two attached hydrogens (primary N) is 1. The lowest BCUT2D eigenvalue weighted by molar-refractivity contribution is 0.316. The van der Waals surface area contributed by atoms with Crippen LogP contribution in [0, 0.1) is 5.82 Å². The predicted octanol–water partition coefficient (Wildman–Crippen LogP) is 1.81. The molecule has 4 nitrogen and oxygen atoms in total. The number of aryl methyl sites for hydroxylation is 1. The minimum atomic E-state index is -0.467. The van der Waals surface area contributed by atoms with Crippen molar-refractivity contribution in [2.75, 3.05) is 6.61 Å².